The number of aromatic carboxylic acids is 1. The molecule has 0 aromatic heterocycles. The largest absolute Gasteiger partial charge is 0.478 e. The van der Waals surface area contributed by atoms with Crippen molar-refractivity contribution in [3.8, 4) is 0 Å². The second kappa shape index (κ2) is 21.5. The van der Waals surface area contributed by atoms with Crippen LogP contribution in [0.5, 0.6) is 0 Å². The van der Waals surface area contributed by atoms with Gasteiger partial charge in [0.15, 0.2) is 19.7 Å². The summed E-state index contributed by atoms with van der Waals surface area (Å²) in [6.45, 7) is 4.91. The average Bonchev–Trinajstić information content (AvgIpc) is 3.22. The molecule has 0 saturated heterocycles. The molecule has 0 spiro atoms. The molecule has 31 heteroatoms. The van der Waals surface area contributed by atoms with E-state index in [2.05, 4.69) is 62.0 Å². The van der Waals surface area contributed by atoms with Gasteiger partial charge in [-0.15, -0.1) is 15.3 Å². The maximum absolute atomic E-state index is 12.8. The molecule has 0 aliphatic heterocycles. The van der Waals surface area contributed by atoms with Crippen LogP contribution in [0, 0.1) is 0 Å². The number of carboxylic acids is 1. The monoisotopic (exact) mass is 971 g/mol. The fraction of sp³-hybridized carbons (Fsp3) is 0.121. The molecule has 0 bridgehead atoms. The molecule has 0 unspecified atom stereocenters. The number of rotatable bonds is 24. The lowest BCUT2D eigenvalue weighted by molar-refractivity contribution is -0.403. The molecule has 0 radical (unpaired) electrons. The normalized spacial score (nSPS) is 12.5. The average molecular weight is 972 g/mol. The Kier molecular flexibility index (Phi) is 16.8. The Morgan fingerprint density at radius 3 is 1.25 bits per heavy atom. The van der Waals surface area contributed by atoms with Crippen molar-refractivity contribution < 1.29 is 80.8 Å². The SMILES string of the molecule is C=COON(OOC=C)c1ccc(N=Nc2c(N)c(N=Nc3ccc(S(=O)(=O)CCOS(=O)(=O)O)cc3)c(N)c(N=Nc3ccc(S(=O)(=O)CCOS(=O)(=O)O)cc3)c2C(=O)O)cc1. The molecule has 4 rings (SSSR count). The van der Waals surface area contributed by atoms with Gasteiger partial charge >= 0.3 is 26.8 Å². The van der Waals surface area contributed by atoms with Crippen LogP contribution < -0.4 is 16.7 Å². The lowest BCUT2D eigenvalue weighted by atomic mass is 10.1. The Balaban J connectivity index is 1.77. The number of carboxylic acid groups (broad SMARTS) is 1. The minimum absolute atomic E-state index is 0.000683. The van der Waals surface area contributed by atoms with Crippen molar-refractivity contribution in [1.82, 2.24) is 0 Å². The van der Waals surface area contributed by atoms with Crippen LogP contribution in [0.4, 0.5) is 51.2 Å². The van der Waals surface area contributed by atoms with E-state index in [0.29, 0.717) is 5.23 Å². The van der Waals surface area contributed by atoms with E-state index in [1.165, 1.54) is 36.4 Å². The van der Waals surface area contributed by atoms with Gasteiger partial charge in [-0.25, -0.2) is 30.0 Å². The van der Waals surface area contributed by atoms with Gasteiger partial charge in [-0.2, -0.15) is 32.2 Å². The van der Waals surface area contributed by atoms with E-state index in [0.717, 1.165) is 48.9 Å². The first-order valence-electron chi connectivity index (χ1n) is 17.0. The van der Waals surface area contributed by atoms with Crippen LogP contribution in [0.25, 0.3) is 0 Å². The molecule has 0 saturated carbocycles. The highest BCUT2D eigenvalue weighted by Crippen LogP contribution is 2.49. The summed E-state index contributed by atoms with van der Waals surface area (Å²) in [5, 5.41) is 35.2. The topological polar surface area (TPSA) is 399 Å². The molecule has 0 aliphatic carbocycles. The highest BCUT2D eigenvalue weighted by atomic mass is 32.3. The number of nitrogens with two attached hydrogens (primary N) is 2. The maximum atomic E-state index is 12.8. The zero-order chi connectivity index (χ0) is 47.3. The van der Waals surface area contributed by atoms with Gasteiger partial charge in [-0.05, 0) is 88.0 Å². The zero-order valence-corrected chi connectivity index (χ0v) is 35.5. The van der Waals surface area contributed by atoms with Crippen LogP contribution in [0.3, 0.4) is 0 Å². The molecule has 64 heavy (non-hydrogen) atoms. The van der Waals surface area contributed by atoms with E-state index in [-0.39, 0.29) is 32.5 Å². The number of carbonyl (C=O) groups is 1. The molecule has 0 amide bonds. The first-order chi connectivity index (χ1) is 30.0. The summed E-state index contributed by atoms with van der Waals surface area (Å²) in [5.74, 6) is -3.32. The highest BCUT2D eigenvalue weighted by molar-refractivity contribution is 7.91. The molecule has 0 aliphatic rings. The minimum Gasteiger partial charge on any atom is -0.478 e. The Morgan fingerprint density at radius 2 is 0.922 bits per heavy atom. The number of azo groups is 3. The third-order valence-electron chi connectivity index (χ3n) is 7.48. The molecule has 0 heterocycles. The lowest BCUT2D eigenvalue weighted by Crippen LogP contribution is -2.22. The number of nitrogens with zero attached hydrogens (tertiary/aromatic N) is 7. The number of sulfone groups is 2. The van der Waals surface area contributed by atoms with Gasteiger partial charge in [0, 0.05) is 0 Å². The van der Waals surface area contributed by atoms with Crippen LogP contribution in [0.15, 0.2) is 139 Å². The van der Waals surface area contributed by atoms with E-state index in [1.54, 1.807) is 0 Å². The number of anilines is 3. The van der Waals surface area contributed by atoms with Gasteiger partial charge in [0.25, 0.3) is 0 Å². The van der Waals surface area contributed by atoms with Gasteiger partial charge in [0.2, 0.25) is 0 Å². The third-order valence-corrected chi connectivity index (χ3v) is 11.8. The number of hydrogen-bond donors (Lipinski definition) is 5. The number of nitrogen functional groups attached to an aromatic ring is 2. The summed E-state index contributed by atoms with van der Waals surface area (Å²) in [7, 11) is -18.0. The fourth-order valence-corrected chi connectivity index (χ4v) is 7.62. The second-order valence-electron chi connectivity index (χ2n) is 11.7. The fourth-order valence-electron chi connectivity index (χ4n) is 4.64. The van der Waals surface area contributed by atoms with Crippen molar-refractivity contribution in [3.05, 3.63) is 104 Å². The Morgan fingerprint density at radius 1 is 0.578 bits per heavy atom. The summed E-state index contributed by atoms with van der Waals surface area (Å²) >= 11 is 0. The molecule has 7 N–H and O–H groups in total. The Labute approximate surface area is 363 Å². The van der Waals surface area contributed by atoms with E-state index < -0.39 is 105 Å². The summed E-state index contributed by atoms with van der Waals surface area (Å²) in [6.07, 6.45) is 1.88. The number of benzene rings is 4. The predicted molar refractivity (Wildman–Crippen MR) is 220 cm³/mol. The molecular weight excluding hydrogens is 939 g/mol. The van der Waals surface area contributed by atoms with E-state index in [4.69, 9.17) is 30.5 Å². The zero-order valence-electron chi connectivity index (χ0n) is 32.2. The van der Waals surface area contributed by atoms with Crippen molar-refractivity contribution in [2.24, 2.45) is 30.7 Å². The molecule has 342 valence electrons. The van der Waals surface area contributed by atoms with E-state index in [1.807, 2.05) is 0 Å². The highest BCUT2D eigenvalue weighted by Gasteiger charge is 2.27. The van der Waals surface area contributed by atoms with Crippen molar-refractivity contribution in [2.75, 3.05) is 41.4 Å². The standard InChI is InChI=1S/C33H33N9O18S4/c1-3-55-59-42(60-56-4-2)24-11-5-21(6-12-24)36-39-30-27(33(43)44)31(40-37-22-7-13-25(14-8-22)61(45,46)19-17-57-63(49,50)51)29(35)32(28(30)34)41-38-23-9-15-26(16-10-23)62(47,48)20-18-58-64(52,53)54/h3-16H,1-2,17-20,34-35H2,(H,43,44)(H,49,50,51)(H,52,53,54). The molecule has 4 aromatic carbocycles. The summed E-state index contributed by atoms with van der Waals surface area (Å²) < 4.78 is 119. The summed E-state index contributed by atoms with van der Waals surface area (Å²) in [5.41, 5.74) is 9.69. The summed E-state index contributed by atoms with van der Waals surface area (Å²) in [6, 6.07) is 14.6. The van der Waals surface area contributed by atoms with Crippen molar-refractivity contribution in [1.29, 1.82) is 0 Å². The van der Waals surface area contributed by atoms with Crippen molar-refractivity contribution in [2.45, 2.75) is 9.79 Å². The molecule has 27 nitrogen and oxygen atoms in total. The third kappa shape index (κ3) is 14.4. The summed E-state index contributed by atoms with van der Waals surface area (Å²) in [4.78, 5) is 31.2. The lowest BCUT2D eigenvalue weighted by Gasteiger charge is -2.16. The second-order valence-corrected chi connectivity index (χ2v) is 18.1. The number of hydrogen-bond acceptors (Lipinski definition) is 24. The maximum Gasteiger partial charge on any atom is 0.397 e. The molecule has 0 fully saturated rings. The van der Waals surface area contributed by atoms with Gasteiger partial charge in [-0.1, -0.05) is 13.2 Å². The minimum atomic E-state index is -4.89. The van der Waals surface area contributed by atoms with E-state index in [9.17, 15) is 43.6 Å². The Hall–Kier alpha value is -6.81. The van der Waals surface area contributed by atoms with E-state index >= 15 is 0 Å². The van der Waals surface area contributed by atoms with Crippen molar-refractivity contribution >= 4 is 97.6 Å². The van der Waals surface area contributed by atoms with Crippen LogP contribution in [0.1, 0.15) is 10.4 Å². The quantitative estimate of drug-likeness (QED) is 0.0138. The van der Waals surface area contributed by atoms with Crippen LogP contribution in [-0.2, 0) is 68.6 Å². The first-order valence-corrected chi connectivity index (χ1v) is 23.0. The van der Waals surface area contributed by atoms with Crippen LogP contribution in [-0.4, -0.2) is 78.6 Å². The van der Waals surface area contributed by atoms with Gasteiger partial charge in [-0.3, -0.25) is 9.11 Å². The smallest absolute Gasteiger partial charge is 0.397 e. The van der Waals surface area contributed by atoms with Crippen LogP contribution in [0.2, 0.25) is 0 Å². The van der Waals surface area contributed by atoms with Gasteiger partial charge in [0.1, 0.15) is 40.8 Å². The van der Waals surface area contributed by atoms with Crippen LogP contribution >= 0.6 is 0 Å². The molecule has 0 atom stereocenters. The molecule has 4 aromatic rings. The van der Waals surface area contributed by atoms with Crippen molar-refractivity contribution in [3.63, 3.8) is 0 Å². The molecular formula is C33H33N9O18S4. The first kappa shape index (κ1) is 49.8. The predicted octanol–water partition coefficient (Wildman–Crippen LogP) is 5.80. The Bertz CT molecular complexity index is 2890. The van der Waals surface area contributed by atoms with Gasteiger partial charge < -0.3 is 26.3 Å². The van der Waals surface area contributed by atoms with Gasteiger partial charge in [0.05, 0.1) is 62.9 Å².